The summed E-state index contributed by atoms with van der Waals surface area (Å²) in [4.78, 5) is 43.7. The Balaban J connectivity index is 1.99. The van der Waals surface area contributed by atoms with Gasteiger partial charge in [-0.2, -0.15) is 0 Å². The fourth-order valence-corrected chi connectivity index (χ4v) is 3.27. The van der Waals surface area contributed by atoms with E-state index in [2.05, 4.69) is 26.2 Å². The Labute approximate surface area is 158 Å². The maximum Gasteiger partial charge on any atom is 0.336 e. The van der Waals surface area contributed by atoms with E-state index in [-0.39, 0.29) is 11.3 Å². The van der Waals surface area contributed by atoms with Gasteiger partial charge >= 0.3 is 6.03 Å². The minimum absolute atomic E-state index is 0.127. The first-order chi connectivity index (χ1) is 12.4. The Morgan fingerprint density at radius 3 is 2.58 bits per heavy atom. The molecule has 1 saturated heterocycles. The molecule has 26 heavy (non-hydrogen) atoms. The first kappa shape index (κ1) is 17.8. The third kappa shape index (κ3) is 3.36. The average molecular weight is 415 g/mol. The van der Waals surface area contributed by atoms with Crippen molar-refractivity contribution >= 4 is 51.2 Å². The Morgan fingerprint density at radius 1 is 1.19 bits per heavy atom. The molecule has 2 aromatic rings. The zero-order chi connectivity index (χ0) is 18.8. The number of rotatable bonds is 3. The van der Waals surface area contributed by atoms with Crippen LogP contribution < -0.4 is 15.1 Å². The van der Waals surface area contributed by atoms with Crippen LogP contribution in [0, 0.1) is 0 Å². The number of halogens is 1. The number of urea groups is 1. The molecule has 0 atom stereocenters. The molecule has 4 amide bonds. The molecule has 7 nitrogen and oxygen atoms in total. The molecule has 1 aromatic carbocycles. The lowest BCUT2D eigenvalue weighted by molar-refractivity contribution is -0.122. The normalized spacial score (nSPS) is 16.0. The van der Waals surface area contributed by atoms with Gasteiger partial charge in [0.25, 0.3) is 11.8 Å². The summed E-state index contributed by atoms with van der Waals surface area (Å²) in [6.45, 7) is 0. The van der Waals surface area contributed by atoms with Crippen molar-refractivity contribution in [3.63, 3.8) is 0 Å². The third-order valence-electron chi connectivity index (χ3n) is 3.77. The summed E-state index contributed by atoms with van der Waals surface area (Å²) in [5.41, 5.74) is 1.77. The van der Waals surface area contributed by atoms with Crippen LogP contribution in [0.15, 0.2) is 52.8 Å². The van der Waals surface area contributed by atoms with Gasteiger partial charge in [0, 0.05) is 24.8 Å². The second kappa shape index (κ2) is 7.09. The van der Waals surface area contributed by atoms with Crippen LogP contribution in [-0.2, 0) is 9.59 Å². The van der Waals surface area contributed by atoms with Crippen LogP contribution in [0.1, 0.15) is 5.56 Å². The highest BCUT2D eigenvalue weighted by atomic mass is 79.9. The number of nitrogens with one attached hydrogen (secondary N) is 1. The Hall–Kier alpha value is -3.00. The summed E-state index contributed by atoms with van der Waals surface area (Å²) in [6.07, 6.45) is 4.37. The number of amides is 4. The van der Waals surface area contributed by atoms with Crippen molar-refractivity contribution in [3.05, 3.63) is 58.3 Å². The van der Waals surface area contributed by atoms with Crippen LogP contribution in [0.5, 0.6) is 0 Å². The van der Waals surface area contributed by atoms with Crippen LogP contribution in [0.2, 0.25) is 0 Å². The van der Waals surface area contributed by atoms with Gasteiger partial charge in [-0.25, -0.2) is 9.69 Å². The maximum absolute atomic E-state index is 12.7. The van der Waals surface area contributed by atoms with Gasteiger partial charge in [-0.1, -0.05) is 6.07 Å². The largest absolute Gasteiger partial charge is 0.377 e. The Morgan fingerprint density at radius 2 is 1.96 bits per heavy atom. The van der Waals surface area contributed by atoms with Gasteiger partial charge in [0.1, 0.15) is 5.57 Å². The van der Waals surface area contributed by atoms with E-state index < -0.39 is 17.8 Å². The van der Waals surface area contributed by atoms with Gasteiger partial charge in [-0.05, 0) is 51.8 Å². The van der Waals surface area contributed by atoms with Crippen LogP contribution in [-0.4, -0.2) is 36.9 Å². The van der Waals surface area contributed by atoms with E-state index in [1.165, 1.54) is 18.5 Å². The monoisotopic (exact) mass is 414 g/mol. The van der Waals surface area contributed by atoms with E-state index in [4.69, 9.17) is 0 Å². The molecule has 2 heterocycles. The van der Waals surface area contributed by atoms with E-state index in [0.29, 0.717) is 5.56 Å². The standard InChI is InChI=1S/C18H15BrN4O3/c1-22(2)15-6-5-11(9-14(15)19)8-13-16(24)21-18(26)23(17(13)25)12-4-3-7-20-10-12/h3-10H,1-2H3,(H,21,24,26)/b13-8-. The number of aromatic nitrogens is 1. The minimum atomic E-state index is -0.797. The van der Waals surface area contributed by atoms with Crippen LogP contribution in [0.25, 0.3) is 6.08 Å². The second-order valence-electron chi connectivity index (χ2n) is 5.77. The number of carbonyl (C=O) groups is 3. The predicted octanol–water partition coefficient (Wildman–Crippen LogP) is 2.58. The van der Waals surface area contributed by atoms with Crippen molar-refractivity contribution in [2.45, 2.75) is 0 Å². The number of anilines is 2. The number of hydrogen-bond donors (Lipinski definition) is 1. The van der Waals surface area contributed by atoms with Gasteiger partial charge in [0.2, 0.25) is 0 Å². The van der Waals surface area contributed by atoms with Crippen LogP contribution >= 0.6 is 15.9 Å². The Kier molecular flexibility index (Phi) is 4.85. The van der Waals surface area contributed by atoms with E-state index in [1.807, 2.05) is 25.1 Å². The molecule has 1 aliphatic rings. The van der Waals surface area contributed by atoms with Crippen molar-refractivity contribution in [2.75, 3.05) is 23.9 Å². The van der Waals surface area contributed by atoms with Crippen molar-refractivity contribution < 1.29 is 14.4 Å². The van der Waals surface area contributed by atoms with Gasteiger partial charge in [0.15, 0.2) is 0 Å². The molecule has 0 radical (unpaired) electrons. The third-order valence-corrected chi connectivity index (χ3v) is 4.41. The number of benzene rings is 1. The average Bonchev–Trinajstić information content (AvgIpc) is 2.59. The minimum Gasteiger partial charge on any atom is -0.377 e. The smallest absolute Gasteiger partial charge is 0.336 e. The number of imide groups is 2. The number of pyridine rings is 1. The van der Waals surface area contributed by atoms with Gasteiger partial charge in [-0.3, -0.25) is 19.9 Å². The molecule has 1 aliphatic heterocycles. The molecule has 0 saturated carbocycles. The summed E-state index contributed by atoms with van der Waals surface area (Å²) >= 11 is 3.47. The Bertz CT molecular complexity index is 925. The number of barbiturate groups is 1. The number of carbonyl (C=O) groups excluding carboxylic acids is 3. The van der Waals surface area contributed by atoms with Crippen LogP contribution in [0.3, 0.4) is 0 Å². The lowest BCUT2D eigenvalue weighted by atomic mass is 10.1. The first-order valence-electron chi connectivity index (χ1n) is 7.67. The maximum atomic E-state index is 12.7. The number of hydrogen-bond acceptors (Lipinski definition) is 5. The fourth-order valence-electron chi connectivity index (χ4n) is 2.52. The van der Waals surface area contributed by atoms with Crippen molar-refractivity contribution in [3.8, 4) is 0 Å². The molecule has 0 unspecified atom stereocenters. The van der Waals surface area contributed by atoms with Crippen molar-refractivity contribution in [2.24, 2.45) is 0 Å². The summed E-state index contributed by atoms with van der Waals surface area (Å²) < 4.78 is 0.820. The van der Waals surface area contributed by atoms with Crippen LogP contribution in [0.4, 0.5) is 16.2 Å². The molecule has 1 N–H and O–H groups in total. The van der Waals surface area contributed by atoms with E-state index in [9.17, 15) is 14.4 Å². The highest BCUT2D eigenvalue weighted by Crippen LogP contribution is 2.27. The lowest BCUT2D eigenvalue weighted by Crippen LogP contribution is -2.54. The lowest BCUT2D eigenvalue weighted by Gasteiger charge is -2.26. The van der Waals surface area contributed by atoms with E-state index in [0.717, 1.165) is 15.1 Å². The summed E-state index contributed by atoms with van der Waals surface area (Å²) in [7, 11) is 3.82. The topological polar surface area (TPSA) is 82.6 Å². The fraction of sp³-hybridized carbons (Fsp3) is 0.111. The van der Waals surface area contributed by atoms with Gasteiger partial charge < -0.3 is 4.90 Å². The molecule has 0 aliphatic carbocycles. The molecule has 0 spiro atoms. The molecule has 3 rings (SSSR count). The molecule has 1 fully saturated rings. The van der Waals surface area contributed by atoms with Gasteiger partial charge in [-0.15, -0.1) is 0 Å². The summed E-state index contributed by atoms with van der Waals surface area (Å²) in [6, 6.07) is 7.83. The second-order valence-corrected chi connectivity index (χ2v) is 6.63. The molecule has 1 aromatic heterocycles. The molecular formula is C18H15BrN4O3. The molecular weight excluding hydrogens is 400 g/mol. The quantitative estimate of drug-likeness (QED) is 0.616. The highest BCUT2D eigenvalue weighted by molar-refractivity contribution is 9.10. The summed E-state index contributed by atoms with van der Waals surface area (Å²) in [5, 5.41) is 2.18. The zero-order valence-corrected chi connectivity index (χ0v) is 15.6. The first-order valence-corrected chi connectivity index (χ1v) is 8.46. The SMILES string of the molecule is CN(C)c1ccc(/C=C2/C(=O)NC(=O)N(c3cccnc3)C2=O)cc1Br. The van der Waals surface area contributed by atoms with Crippen molar-refractivity contribution in [1.82, 2.24) is 10.3 Å². The molecule has 132 valence electrons. The molecule has 8 heteroatoms. The number of nitrogens with zero attached hydrogens (tertiary/aromatic N) is 3. The molecule has 0 bridgehead atoms. The van der Waals surface area contributed by atoms with Gasteiger partial charge in [0.05, 0.1) is 17.6 Å². The zero-order valence-electron chi connectivity index (χ0n) is 14.1. The van der Waals surface area contributed by atoms with E-state index >= 15 is 0 Å². The highest BCUT2D eigenvalue weighted by Gasteiger charge is 2.36. The van der Waals surface area contributed by atoms with E-state index in [1.54, 1.807) is 24.3 Å². The predicted molar refractivity (Wildman–Crippen MR) is 102 cm³/mol. The van der Waals surface area contributed by atoms with Crippen molar-refractivity contribution in [1.29, 1.82) is 0 Å². The summed E-state index contributed by atoms with van der Waals surface area (Å²) in [5.74, 6) is -1.42.